The van der Waals surface area contributed by atoms with E-state index in [-0.39, 0.29) is 0 Å². The lowest BCUT2D eigenvalue weighted by Gasteiger charge is -2.04. The van der Waals surface area contributed by atoms with E-state index in [4.69, 9.17) is 5.26 Å². The summed E-state index contributed by atoms with van der Waals surface area (Å²) in [6, 6.07) is 10.1. The number of hydrogen-bond acceptors (Lipinski definition) is 1. The fraction of sp³-hybridized carbons (Fsp3) is 0.308. The number of nitriles is 1. The molecule has 2 aromatic rings. The van der Waals surface area contributed by atoms with Crippen molar-refractivity contribution in [3.63, 3.8) is 0 Å². The molecule has 0 aliphatic carbocycles. The standard InChI is InChI=1S/C13H13BrN2/c14-6-1-2-7-16-8-5-12-9-11(10-15)3-4-13(12)16/h3-5,8-9H,1-2,6-7H2. The SMILES string of the molecule is N#Cc1ccc2c(ccn2CCCCBr)c1. The molecule has 1 aromatic carbocycles. The van der Waals surface area contributed by atoms with Gasteiger partial charge in [0.1, 0.15) is 0 Å². The maximum Gasteiger partial charge on any atom is 0.0991 e. The predicted molar refractivity (Wildman–Crippen MR) is 69.7 cm³/mol. The van der Waals surface area contributed by atoms with E-state index in [1.165, 1.54) is 18.4 Å². The van der Waals surface area contributed by atoms with Crippen molar-refractivity contribution >= 4 is 26.8 Å². The van der Waals surface area contributed by atoms with Gasteiger partial charge in [-0.3, -0.25) is 0 Å². The van der Waals surface area contributed by atoms with Gasteiger partial charge in [0.15, 0.2) is 0 Å². The number of nitrogens with zero attached hydrogens (tertiary/aromatic N) is 2. The highest BCUT2D eigenvalue weighted by Crippen LogP contribution is 2.18. The van der Waals surface area contributed by atoms with Gasteiger partial charge in [0, 0.05) is 29.0 Å². The van der Waals surface area contributed by atoms with E-state index in [0.717, 1.165) is 22.8 Å². The molecule has 0 atom stereocenters. The number of unbranched alkanes of at least 4 members (excludes halogenated alkanes) is 1. The third-order valence-corrected chi connectivity index (χ3v) is 3.24. The van der Waals surface area contributed by atoms with Crippen LogP contribution in [0.4, 0.5) is 0 Å². The molecule has 0 aliphatic heterocycles. The van der Waals surface area contributed by atoms with Gasteiger partial charge in [-0.2, -0.15) is 5.26 Å². The molecule has 0 amide bonds. The molecular formula is C13H13BrN2. The van der Waals surface area contributed by atoms with Crippen LogP contribution in [0.1, 0.15) is 18.4 Å². The van der Waals surface area contributed by atoms with Gasteiger partial charge in [0.25, 0.3) is 0 Å². The Labute approximate surface area is 104 Å². The van der Waals surface area contributed by atoms with Crippen molar-refractivity contribution in [2.24, 2.45) is 0 Å². The maximum absolute atomic E-state index is 8.82. The van der Waals surface area contributed by atoms with Crippen molar-refractivity contribution in [2.75, 3.05) is 5.33 Å². The molecule has 0 saturated heterocycles. The lowest BCUT2D eigenvalue weighted by Crippen LogP contribution is -1.96. The number of benzene rings is 1. The van der Waals surface area contributed by atoms with Crippen molar-refractivity contribution in [3.8, 4) is 6.07 Å². The third kappa shape index (κ3) is 2.28. The molecule has 1 aromatic heterocycles. The van der Waals surface area contributed by atoms with E-state index < -0.39 is 0 Å². The van der Waals surface area contributed by atoms with Crippen molar-refractivity contribution < 1.29 is 0 Å². The molecule has 0 fully saturated rings. The van der Waals surface area contributed by atoms with E-state index in [9.17, 15) is 0 Å². The van der Waals surface area contributed by atoms with E-state index in [1.807, 2.05) is 18.2 Å². The summed E-state index contributed by atoms with van der Waals surface area (Å²) in [5, 5.41) is 11.0. The first-order valence-corrected chi connectivity index (χ1v) is 6.52. The number of aryl methyl sites for hydroxylation is 1. The smallest absolute Gasteiger partial charge is 0.0991 e. The summed E-state index contributed by atoms with van der Waals surface area (Å²) in [7, 11) is 0. The van der Waals surface area contributed by atoms with Gasteiger partial charge in [-0.25, -0.2) is 0 Å². The topological polar surface area (TPSA) is 28.7 Å². The van der Waals surface area contributed by atoms with Crippen LogP contribution in [0.2, 0.25) is 0 Å². The second kappa shape index (κ2) is 5.18. The van der Waals surface area contributed by atoms with Gasteiger partial charge in [-0.05, 0) is 37.1 Å². The van der Waals surface area contributed by atoms with Crippen LogP contribution >= 0.6 is 15.9 Å². The second-order valence-electron chi connectivity index (χ2n) is 3.79. The molecule has 2 nitrogen and oxygen atoms in total. The van der Waals surface area contributed by atoms with E-state index in [1.54, 1.807) is 0 Å². The van der Waals surface area contributed by atoms with E-state index in [2.05, 4.69) is 38.8 Å². The van der Waals surface area contributed by atoms with Gasteiger partial charge in [0.2, 0.25) is 0 Å². The van der Waals surface area contributed by atoms with Gasteiger partial charge < -0.3 is 4.57 Å². The fourth-order valence-electron chi connectivity index (χ4n) is 1.84. The molecule has 0 N–H and O–H groups in total. The quantitative estimate of drug-likeness (QED) is 0.619. The van der Waals surface area contributed by atoms with Crippen molar-refractivity contribution in [2.45, 2.75) is 19.4 Å². The summed E-state index contributed by atoms with van der Waals surface area (Å²) >= 11 is 3.44. The lowest BCUT2D eigenvalue weighted by molar-refractivity contribution is 0.655. The molecule has 3 heteroatoms. The first-order valence-electron chi connectivity index (χ1n) is 5.40. The van der Waals surface area contributed by atoms with E-state index in [0.29, 0.717) is 0 Å². The number of aromatic nitrogens is 1. The Hall–Kier alpha value is -1.27. The summed E-state index contributed by atoms with van der Waals surface area (Å²) in [4.78, 5) is 0. The first kappa shape index (κ1) is 11.2. The Morgan fingerprint density at radius 3 is 2.88 bits per heavy atom. The van der Waals surface area contributed by atoms with Crippen LogP contribution in [0.15, 0.2) is 30.5 Å². The summed E-state index contributed by atoms with van der Waals surface area (Å²) in [5.41, 5.74) is 1.94. The number of halogens is 1. The Bertz CT molecular complexity index is 522. The van der Waals surface area contributed by atoms with Crippen LogP contribution in [0.5, 0.6) is 0 Å². The number of rotatable bonds is 4. The van der Waals surface area contributed by atoms with Gasteiger partial charge in [-0.1, -0.05) is 15.9 Å². The van der Waals surface area contributed by atoms with Gasteiger partial charge in [0.05, 0.1) is 11.6 Å². The molecule has 82 valence electrons. The zero-order valence-electron chi connectivity index (χ0n) is 8.99. The van der Waals surface area contributed by atoms with E-state index >= 15 is 0 Å². The zero-order valence-corrected chi connectivity index (χ0v) is 10.6. The molecule has 0 saturated carbocycles. The van der Waals surface area contributed by atoms with Crippen LogP contribution in [0.25, 0.3) is 10.9 Å². The largest absolute Gasteiger partial charge is 0.347 e. The predicted octanol–water partition coefficient (Wildman–Crippen LogP) is 3.69. The van der Waals surface area contributed by atoms with Crippen LogP contribution in [0.3, 0.4) is 0 Å². The number of fused-ring (bicyclic) bond motifs is 1. The highest BCUT2D eigenvalue weighted by Gasteiger charge is 2.01. The van der Waals surface area contributed by atoms with Crippen LogP contribution in [0, 0.1) is 11.3 Å². The summed E-state index contributed by atoms with van der Waals surface area (Å²) in [6.07, 6.45) is 4.46. The minimum atomic E-state index is 0.728. The van der Waals surface area contributed by atoms with Crippen molar-refractivity contribution in [1.29, 1.82) is 5.26 Å². The molecule has 0 spiro atoms. The molecule has 2 rings (SSSR count). The van der Waals surface area contributed by atoms with Crippen molar-refractivity contribution in [3.05, 3.63) is 36.0 Å². The van der Waals surface area contributed by atoms with Crippen LogP contribution in [-0.4, -0.2) is 9.90 Å². The van der Waals surface area contributed by atoms with Crippen LogP contribution < -0.4 is 0 Å². The summed E-state index contributed by atoms with van der Waals surface area (Å²) < 4.78 is 2.25. The Morgan fingerprint density at radius 2 is 2.12 bits per heavy atom. The molecule has 1 heterocycles. The maximum atomic E-state index is 8.82. The zero-order chi connectivity index (χ0) is 11.4. The minimum absolute atomic E-state index is 0.728. The number of hydrogen-bond donors (Lipinski definition) is 0. The third-order valence-electron chi connectivity index (χ3n) is 2.68. The first-order chi connectivity index (χ1) is 7.85. The number of alkyl halides is 1. The molecule has 0 unspecified atom stereocenters. The van der Waals surface area contributed by atoms with Crippen LogP contribution in [-0.2, 0) is 6.54 Å². The molecular weight excluding hydrogens is 264 g/mol. The minimum Gasteiger partial charge on any atom is -0.347 e. The molecule has 16 heavy (non-hydrogen) atoms. The highest BCUT2D eigenvalue weighted by molar-refractivity contribution is 9.09. The summed E-state index contributed by atoms with van der Waals surface area (Å²) in [6.45, 7) is 1.04. The molecule has 0 aliphatic rings. The Kier molecular flexibility index (Phi) is 3.63. The van der Waals surface area contributed by atoms with Gasteiger partial charge >= 0.3 is 0 Å². The second-order valence-corrected chi connectivity index (χ2v) is 4.58. The van der Waals surface area contributed by atoms with Gasteiger partial charge in [-0.15, -0.1) is 0 Å². The summed E-state index contributed by atoms with van der Waals surface area (Å²) in [5.74, 6) is 0. The Balaban J connectivity index is 2.25. The highest BCUT2D eigenvalue weighted by atomic mass is 79.9. The monoisotopic (exact) mass is 276 g/mol. The lowest BCUT2D eigenvalue weighted by atomic mass is 10.2. The Morgan fingerprint density at radius 1 is 1.25 bits per heavy atom. The molecule has 0 bridgehead atoms. The average molecular weight is 277 g/mol. The van der Waals surface area contributed by atoms with Crippen molar-refractivity contribution in [1.82, 2.24) is 4.57 Å². The molecule has 0 radical (unpaired) electrons. The fourth-order valence-corrected chi connectivity index (χ4v) is 2.24. The normalized spacial score (nSPS) is 10.5. The average Bonchev–Trinajstić information content (AvgIpc) is 2.72.